The third-order valence-electron chi connectivity index (χ3n) is 3.90. The molecule has 0 radical (unpaired) electrons. The minimum atomic E-state index is -0.298. The Kier molecular flexibility index (Phi) is 5.74. The minimum absolute atomic E-state index is 0.0386. The monoisotopic (exact) mass is 322 g/mol. The maximum absolute atomic E-state index is 12.1. The number of carbonyl (C=O) groups excluding carboxylic acids is 2. The first-order valence-electron chi connectivity index (χ1n) is 7.33. The van der Waals surface area contributed by atoms with Gasteiger partial charge in [-0.25, -0.2) is 0 Å². The van der Waals surface area contributed by atoms with Crippen LogP contribution in [0.2, 0.25) is 0 Å². The average molecular weight is 322 g/mol. The van der Waals surface area contributed by atoms with Crippen molar-refractivity contribution in [3.63, 3.8) is 0 Å². The van der Waals surface area contributed by atoms with Crippen molar-refractivity contribution in [1.29, 1.82) is 0 Å². The molecule has 2 heterocycles. The lowest BCUT2D eigenvalue weighted by Gasteiger charge is -2.22. The molecule has 1 saturated heterocycles. The van der Waals surface area contributed by atoms with Crippen molar-refractivity contribution in [3.05, 3.63) is 34.0 Å². The lowest BCUT2D eigenvalue weighted by atomic mass is 10.1. The van der Waals surface area contributed by atoms with Gasteiger partial charge in [0.1, 0.15) is 6.04 Å². The highest BCUT2D eigenvalue weighted by Gasteiger charge is 2.38. The molecule has 1 aromatic heterocycles. The third-order valence-corrected chi connectivity index (χ3v) is 4.77. The summed E-state index contributed by atoms with van der Waals surface area (Å²) in [4.78, 5) is 26.9. The van der Waals surface area contributed by atoms with Gasteiger partial charge in [0.15, 0.2) is 0 Å². The normalized spacial score (nSPS) is 22.6. The van der Waals surface area contributed by atoms with E-state index in [1.165, 1.54) is 24.0 Å². The molecule has 1 N–H and O–H groups in total. The van der Waals surface area contributed by atoms with Crippen LogP contribution in [0.25, 0.3) is 0 Å². The molecule has 1 aliphatic rings. The highest BCUT2D eigenvalue weighted by Crippen LogP contribution is 2.21. The lowest BCUT2D eigenvalue weighted by Crippen LogP contribution is -2.38. The quantitative estimate of drug-likeness (QED) is 0.666. The first-order chi connectivity index (χ1) is 10.5. The van der Waals surface area contributed by atoms with E-state index in [1.807, 2.05) is 31.4 Å². The number of esters is 1. The van der Waals surface area contributed by atoms with Gasteiger partial charge in [-0.1, -0.05) is 17.7 Å². The summed E-state index contributed by atoms with van der Waals surface area (Å²) in [7, 11) is 1.40. The van der Waals surface area contributed by atoms with E-state index < -0.39 is 0 Å². The summed E-state index contributed by atoms with van der Waals surface area (Å²) in [5.41, 5.74) is 1.19. The number of ether oxygens (including phenoxy) is 1. The number of amides is 1. The molecule has 22 heavy (non-hydrogen) atoms. The molecule has 2 atom stereocenters. The van der Waals surface area contributed by atoms with Gasteiger partial charge in [-0.2, -0.15) is 0 Å². The van der Waals surface area contributed by atoms with Crippen LogP contribution in [0, 0.1) is 0 Å². The fourth-order valence-electron chi connectivity index (χ4n) is 2.64. The van der Waals surface area contributed by atoms with Crippen molar-refractivity contribution in [3.8, 4) is 0 Å². The second-order valence-electron chi connectivity index (χ2n) is 5.49. The topological polar surface area (TPSA) is 58.6 Å². The average Bonchev–Trinajstić information content (AvgIpc) is 3.16. The zero-order valence-electron chi connectivity index (χ0n) is 13.2. The molecule has 1 aromatic rings. The third kappa shape index (κ3) is 3.96. The molecule has 1 amide bonds. The van der Waals surface area contributed by atoms with E-state index in [4.69, 9.17) is 4.74 Å². The van der Waals surface area contributed by atoms with Crippen LogP contribution in [0.15, 0.2) is 29.2 Å². The van der Waals surface area contributed by atoms with Crippen LogP contribution in [0.3, 0.4) is 0 Å². The number of methoxy groups -OCH3 is 1. The predicted octanol–water partition coefficient (Wildman–Crippen LogP) is 2.06. The van der Waals surface area contributed by atoms with Crippen LogP contribution in [0.5, 0.6) is 0 Å². The molecular weight excluding hydrogens is 300 g/mol. The van der Waals surface area contributed by atoms with Crippen molar-refractivity contribution < 1.29 is 14.3 Å². The fraction of sp³-hybridized carbons (Fsp3) is 0.500. The Morgan fingerprint density at radius 1 is 1.55 bits per heavy atom. The van der Waals surface area contributed by atoms with Crippen LogP contribution < -0.4 is 5.32 Å². The van der Waals surface area contributed by atoms with E-state index in [9.17, 15) is 9.59 Å². The molecule has 0 aliphatic carbocycles. The highest BCUT2D eigenvalue weighted by atomic mass is 32.1. The Morgan fingerprint density at radius 2 is 2.32 bits per heavy atom. The molecule has 0 spiro atoms. The number of carbonyl (C=O) groups is 2. The molecule has 0 saturated carbocycles. The fourth-order valence-corrected chi connectivity index (χ4v) is 3.27. The Labute approximate surface area is 135 Å². The van der Waals surface area contributed by atoms with Crippen LogP contribution in [0.1, 0.15) is 29.9 Å². The molecule has 0 bridgehead atoms. The molecule has 6 heteroatoms. The summed E-state index contributed by atoms with van der Waals surface area (Å²) >= 11 is 1.41. The van der Waals surface area contributed by atoms with Crippen LogP contribution in [-0.4, -0.2) is 49.1 Å². The minimum Gasteiger partial charge on any atom is -0.468 e. The van der Waals surface area contributed by atoms with Gasteiger partial charge in [0.2, 0.25) is 0 Å². The zero-order valence-corrected chi connectivity index (χ0v) is 14.0. The van der Waals surface area contributed by atoms with Crippen molar-refractivity contribution in [2.75, 3.05) is 20.2 Å². The van der Waals surface area contributed by atoms with Gasteiger partial charge < -0.3 is 10.1 Å². The molecular formula is C16H22N2O3S. The van der Waals surface area contributed by atoms with Crippen LogP contribution in [-0.2, 0) is 9.53 Å². The second kappa shape index (κ2) is 7.56. The Hall–Kier alpha value is -1.66. The van der Waals surface area contributed by atoms with E-state index in [1.54, 1.807) is 6.07 Å². The van der Waals surface area contributed by atoms with Gasteiger partial charge >= 0.3 is 5.97 Å². The number of rotatable bonds is 5. The van der Waals surface area contributed by atoms with Gasteiger partial charge in [-0.3, -0.25) is 14.5 Å². The number of thiophene rings is 1. The van der Waals surface area contributed by atoms with Gasteiger partial charge in [-0.05, 0) is 31.7 Å². The summed E-state index contributed by atoms with van der Waals surface area (Å²) in [6, 6.07) is 3.32. The SMILES string of the molecule is C/C=C(\C)CN1C[C@H](NC(=O)c2cccs2)C[C@H]1C(=O)OC. The molecule has 0 unspecified atom stereocenters. The largest absolute Gasteiger partial charge is 0.468 e. The van der Waals surface area contributed by atoms with Crippen LogP contribution >= 0.6 is 11.3 Å². The lowest BCUT2D eigenvalue weighted by molar-refractivity contribution is -0.145. The molecule has 1 aliphatic heterocycles. The number of nitrogens with one attached hydrogen (secondary N) is 1. The summed E-state index contributed by atoms with van der Waals surface area (Å²) in [6.45, 7) is 5.38. The van der Waals surface area contributed by atoms with Gasteiger partial charge in [0.05, 0.1) is 12.0 Å². The number of hydrogen-bond donors (Lipinski definition) is 1. The number of nitrogens with zero attached hydrogens (tertiary/aromatic N) is 1. The Bertz CT molecular complexity index is 554. The Morgan fingerprint density at radius 3 is 2.91 bits per heavy atom. The van der Waals surface area contributed by atoms with Crippen molar-refractivity contribution in [1.82, 2.24) is 10.2 Å². The first kappa shape index (κ1) is 16.7. The summed E-state index contributed by atoms with van der Waals surface area (Å²) in [5.74, 6) is -0.315. The number of allylic oxidation sites excluding steroid dienone is 1. The van der Waals surface area contributed by atoms with Crippen LogP contribution in [0.4, 0.5) is 0 Å². The maximum Gasteiger partial charge on any atom is 0.323 e. The van der Waals surface area contributed by atoms with Crippen molar-refractivity contribution in [2.45, 2.75) is 32.4 Å². The first-order valence-corrected chi connectivity index (χ1v) is 8.21. The van der Waals surface area contributed by atoms with Crippen molar-refractivity contribution >= 4 is 23.2 Å². The highest BCUT2D eigenvalue weighted by molar-refractivity contribution is 7.12. The molecule has 1 fully saturated rings. The summed E-state index contributed by atoms with van der Waals surface area (Å²) < 4.78 is 4.89. The van der Waals surface area contributed by atoms with E-state index >= 15 is 0 Å². The molecule has 120 valence electrons. The second-order valence-corrected chi connectivity index (χ2v) is 6.43. The predicted molar refractivity (Wildman–Crippen MR) is 87.0 cm³/mol. The van der Waals surface area contributed by atoms with E-state index in [0.29, 0.717) is 24.4 Å². The van der Waals surface area contributed by atoms with Gasteiger partial charge in [0, 0.05) is 19.1 Å². The standard InChI is InChI=1S/C16H22N2O3S/c1-4-11(2)9-18-10-12(8-13(18)16(20)21-3)17-15(19)14-6-5-7-22-14/h4-7,12-13H,8-10H2,1-3H3,(H,17,19)/b11-4+/t12-,13+/m1/s1. The van der Waals surface area contributed by atoms with E-state index in [2.05, 4.69) is 10.2 Å². The van der Waals surface area contributed by atoms with E-state index in [0.717, 1.165) is 0 Å². The maximum atomic E-state index is 12.1. The molecule has 5 nitrogen and oxygen atoms in total. The number of likely N-dealkylation sites (tertiary alicyclic amines) is 1. The van der Waals surface area contributed by atoms with E-state index in [-0.39, 0.29) is 24.0 Å². The summed E-state index contributed by atoms with van der Waals surface area (Å²) in [6.07, 6.45) is 2.62. The summed E-state index contributed by atoms with van der Waals surface area (Å²) in [5, 5.41) is 4.89. The Balaban J connectivity index is 2.02. The van der Waals surface area contributed by atoms with Crippen molar-refractivity contribution in [2.24, 2.45) is 0 Å². The molecule has 0 aromatic carbocycles. The van der Waals surface area contributed by atoms with Gasteiger partial charge in [0.25, 0.3) is 5.91 Å². The smallest absolute Gasteiger partial charge is 0.323 e. The zero-order chi connectivity index (χ0) is 16.1. The van der Waals surface area contributed by atoms with Gasteiger partial charge in [-0.15, -0.1) is 11.3 Å². The molecule has 2 rings (SSSR count). The number of hydrogen-bond acceptors (Lipinski definition) is 5.